The van der Waals surface area contributed by atoms with Crippen LogP contribution in [0, 0.1) is 6.92 Å². The number of amides is 2. The van der Waals surface area contributed by atoms with Gasteiger partial charge in [0, 0.05) is 44.0 Å². The number of thiophene rings is 1. The molecule has 26 heavy (non-hydrogen) atoms. The summed E-state index contributed by atoms with van der Waals surface area (Å²) in [5, 5.41) is 4.34. The van der Waals surface area contributed by atoms with Gasteiger partial charge in [-0.05, 0) is 23.9 Å². The molecular weight excluding hydrogens is 350 g/mol. The number of nitrogens with zero attached hydrogens (tertiary/aromatic N) is 2. The summed E-state index contributed by atoms with van der Waals surface area (Å²) in [6.45, 7) is 6.21. The Morgan fingerprint density at radius 1 is 1.15 bits per heavy atom. The van der Waals surface area contributed by atoms with Crippen molar-refractivity contribution in [2.75, 3.05) is 45.9 Å². The van der Waals surface area contributed by atoms with Crippen LogP contribution in [0.2, 0.25) is 0 Å². The lowest BCUT2D eigenvalue weighted by atomic mass is 10.1. The minimum atomic E-state index is -0.393. The Balaban J connectivity index is 1.41. The van der Waals surface area contributed by atoms with E-state index in [1.807, 2.05) is 28.9 Å². The molecule has 0 radical (unpaired) electrons. The lowest BCUT2D eigenvalue weighted by Crippen LogP contribution is -2.55. The van der Waals surface area contributed by atoms with Gasteiger partial charge in [0.1, 0.15) is 6.10 Å². The van der Waals surface area contributed by atoms with Gasteiger partial charge in [0.15, 0.2) is 0 Å². The van der Waals surface area contributed by atoms with E-state index < -0.39 is 6.10 Å². The van der Waals surface area contributed by atoms with E-state index in [9.17, 15) is 9.59 Å². The van der Waals surface area contributed by atoms with Crippen LogP contribution in [0.15, 0.2) is 24.3 Å². The van der Waals surface area contributed by atoms with Crippen molar-refractivity contribution in [1.29, 1.82) is 0 Å². The molecule has 2 aliphatic rings. The summed E-state index contributed by atoms with van der Waals surface area (Å²) in [5.41, 5.74) is 1.05. The number of morpholine rings is 1. The van der Waals surface area contributed by atoms with Gasteiger partial charge in [0.2, 0.25) is 0 Å². The van der Waals surface area contributed by atoms with Gasteiger partial charge >= 0.3 is 0 Å². The molecule has 4 rings (SSSR count). The summed E-state index contributed by atoms with van der Waals surface area (Å²) in [6, 6.07) is 8.12. The molecule has 1 N–H and O–H groups in total. The van der Waals surface area contributed by atoms with Crippen molar-refractivity contribution >= 4 is 33.2 Å². The van der Waals surface area contributed by atoms with Crippen LogP contribution in [0.25, 0.3) is 10.1 Å². The van der Waals surface area contributed by atoms with Crippen molar-refractivity contribution in [2.45, 2.75) is 13.0 Å². The largest absolute Gasteiger partial charge is 0.366 e. The third-order valence-corrected chi connectivity index (χ3v) is 6.38. The van der Waals surface area contributed by atoms with Crippen molar-refractivity contribution in [3.8, 4) is 0 Å². The van der Waals surface area contributed by atoms with Gasteiger partial charge in [0.05, 0.1) is 11.5 Å². The second kappa shape index (κ2) is 7.34. The molecule has 0 aliphatic carbocycles. The molecule has 2 saturated heterocycles. The summed E-state index contributed by atoms with van der Waals surface area (Å²) in [5.74, 6) is 0.105. The molecule has 1 aromatic carbocycles. The fourth-order valence-corrected chi connectivity index (χ4v) is 4.76. The van der Waals surface area contributed by atoms with E-state index in [1.54, 1.807) is 11.3 Å². The molecule has 0 spiro atoms. The number of benzene rings is 1. The Bertz CT molecular complexity index is 821. The van der Waals surface area contributed by atoms with Gasteiger partial charge in [-0.1, -0.05) is 18.2 Å². The van der Waals surface area contributed by atoms with Crippen molar-refractivity contribution in [2.24, 2.45) is 0 Å². The van der Waals surface area contributed by atoms with Crippen LogP contribution >= 0.6 is 11.3 Å². The van der Waals surface area contributed by atoms with Crippen LogP contribution in [0.4, 0.5) is 0 Å². The summed E-state index contributed by atoms with van der Waals surface area (Å²) < 4.78 is 6.70. The first-order valence-electron chi connectivity index (χ1n) is 9.03. The van der Waals surface area contributed by atoms with Crippen molar-refractivity contribution < 1.29 is 14.3 Å². The number of carbonyl (C=O) groups is 2. The molecule has 0 saturated carbocycles. The van der Waals surface area contributed by atoms with Crippen molar-refractivity contribution in [3.05, 3.63) is 34.7 Å². The van der Waals surface area contributed by atoms with Gasteiger partial charge < -0.3 is 19.9 Å². The molecule has 138 valence electrons. The lowest BCUT2D eigenvalue weighted by Gasteiger charge is -2.37. The summed E-state index contributed by atoms with van der Waals surface area (Å²) in [6.07, 6.45) is -0.393. The van der Waals surface area contributed by atoms with Gasteiger partial charge in [-0.2, -0.15) is 0 Å². The average Bonchev–Trinajstić information content (AvgIpc) is 3.04. The Hall–Kier alpha value is -1.96. The number of carbonyl (C=O) groups excluding carboxylic acids is 2. The predicted molar refractivity (Wildman–Crippen MR) is 102 cm³/mol. The number of piperazine rings is 1. The molecule has 7 heteroatoms. The monoisotopic (exact) mass is 373 g/mol. The topological polar surface area (TPSA) is 61.9 Å². The zero-order chi connectivity index (χ0) is 18.1. The van der Waals surface area contributed by atoms with Crippen LogP contribution in [0.5, 0.6) is 0 Å². The van der Waals surface area contributed by atoms with Crippen LogP contribution in [-0.2, 0) is 9.53 Å². The summed E-state index contributed by atoms with van der Waals surface area (Å²) in [4.78, 5) is 30.0. The maximum absolute atomic E-state index is 13.0. The Morgan fingerprint density at radius 3 is 2.58 bits per heavy atom. The van der Waals surface area contributed by atoms with Crippen LogP contribution in [0.3, 0.4) is 0 Å². The highest BCUT2D eigenvalue weighted by atomic mass is 32.1. The fourth-order valence-electron chi connectivity index (χ4n) is 3.58. The highest BCUT2D eigenvalue weighted by Crippen LogP contribution is 2.31. The van der Waals surface area contributed by atoms with Crippen molar-refractivity contribution in [3.63, 3.8) is 0 Å². The Kier molecular flexibility index (Phi) is 4.93. The number of aryl methyl sites for hydroxylation is 1. The van der Waals surface area contributed by atoms with E-state index in [0.29, 0.717) is 39.3 Å². The maximum atomic E-state index is 13.0. The number of nitrogens with one attached hydrogen (secondary N) is 1. The van der Waals surface area contributed by atoms with E-state index in [-0.39, 0.29) is 11.8 Å². The van der Waals surface area contributed by atoms with Crippen LogP contribution in [-0.4, -0.2) is 73.6 Å². The second-order valence-electron chi connectivity index (χ2n) is 6.73. The molecule has 2 amide bonds. The normalized spacial score (nSPS) is 21.2. The highest BCUT2D eigenvalue weighted by Gasteiger charge is 2.31. The third kappa shape index (κ3) is 3.22. The van der Waals surface area contributed by atoms with Gasteiger partial charge in [0.25, 0.3) is 11.8 Å². The number of rotatable bonds is 2. The molecule has 2 aromatic rings. The Labute approximate surface area is 156 Å². The minimum absolute atomic E-state index is 0.0299. The van der Waals surface area contributed by atoms with E-state index >= 15 is 0 Å². The molecule has 1 aromatic heterocycles. The first-order valence-corrected chi connectivity index (χ1v) is 9.85. The van der Waals surface area contributed by atoms with Gasteiger partial charge in [-0.15, -0.1) is 11.3 Å². The number of hydrogen-bond donors (Lipinski definition) is 1. The first kappa shape index (κ1) is 17.5. The number of hydrogen-bond acceptors (Lipinski definition) is 5. The smallest absolute Gasteiger partial charge is 0.264 e. The number of ether oxygens (including phenoxy) is 1. The molecule has 2 fully saturated rings. The number of fused-ring (bicyclic) bond motifs is 1. The van der Waals surface area contributed by atoms with Gasteiger partial charge in [-0.3, -0.25) is 9.59 Å². The fraction of sp³-hybridized carbons (Fsp3) is 0.474. The molecule has 1 unspecified atom stereocenters. The molecule has 2 aliphatic heterocycles. The lowest BCUT2D eigenvalue weighted by molar-refractivity contribution is -0.146. The van der Waals surface area contributed by atoms with E-state index in [0.717, 1.165) is 27.1 Å². The highest BCUT2D eigenvalue weighted by molar-refractivity contribution is 7.21. The van der Waals surface area contributed by atoms with Crippen LogP contribution in [0.1, 0.15) is 15.2 Å². The molecule has 0 bridgehead atoms. The molecular formula is C19H23N3O3S. The third-order valence-electron chi connectivity index (χ3n) is 5.12. The van der Waals surface area contributed by atoms with Crippen molar-refractivity contribution in [1.82, 2.24) is 15.1 Å². The van der Waals surface area contributed by atoms with Crippen LogP contribution < -0.4 is 5.32 Å². The summed E-state index contributed by atoms with van der Waals surface area (Å²) >= 11 is 1.56. The van der Waals surface area contributed by atoms with E-state index in [4.69, 9.17) is 4.74 Å². The predicted octanol–water partition coefficient (Wildman–Crippen LogP) is 1.48. The Morgan fingerprint density at radius 2 is 1.88 bits per heavy atom. The average molecular weight is 373 g/mol. The maximum Gasteiger partial charge on any atom is 0.264 e. The molecule has 6 nitrogen and oxygen atoms in total. The zero-order valence-corrected chi connectivity index (χ0v) is 15.7. The SMILES string of the molecule is Cc1c(C(=O)N2CCN(C(=O)C3CNCCO3)CC2)sc2ccccc12. The quantitative estimate of drug-likeness (QED) is 0.866. The standard InChI is InChI=1S/C19H23N3O3S/c1-13-14-4-2-3-5-16(14)26-17(13)19(24)22-9-7-21(8-10-22)18(23)15-12-20-6-11-25-15/h2-5,15,20H,6-12H2,1H3. The first-order chi connectivity index (χ1) is 12.6. The van der Waals surface area contributed by atoms with E-state index in [1.165, 1.54) is 0 Å². The molecule has 1 atom stereocenters. The van der Waals surface area contributed by atoms with E-state index in [2.05, 4.69) is 17.4 Å². The summed E-state index contributed by atoms with van der Waals surface area (Å²) in [7, 11) is 0. The second-order valence-corrected chi connectivity index (χ2v) is 7.79. The molecule has 3 heterocycles. The minimum Gasteiger partial charge on any atom is -0.366 e. The van der Waals surface area contributed by atoms with Gasteiger partial charge in [-0.25, -0.2) is 0 Å². The zero-order valence-electron chi connectivity index (χ0n) is 14.9.